The zero-order valence-corrected chi connectivity index (χ0v) is 18.1. The molecule has 31 heavy (non-hydrogen) atoms. The third-order valence-corrected chi connectivity index (χ3v) is 5.88. The predicted octanol–water partition coefficient (Wildman–Crippen LogP) is 6.54. The molecule has 1 aliphatic rings. The van der Waals surface area contributed by atoms with Gasteiger partial charge >= 0.3 is 5.97 Å². The second-order valence-electron chi connectivity index (χ2n) is 8.30. The molecule has 1 fully saturated rings. The van der Waals surface area contributed by atoms with Crippen molar-refractivity contribution in [2.24, 2.45) is 0 Å². The summed E-state index contributed by atoms with van der Waals surface area (Å²) in [4.78, 5) is 22.6. The van der Waals surface area contributed by atoms with E-state index in [1.165, 1.54) is 37.7 Å². The number of rotatable bonds is 11. The van der Waals surface area contributed by atoms with Crippen LogP contribution >= 0.6 is 0 Å². The lowest BCUT2D eigenvalue weighted by Gasteiger charge is -2.22. The maximum absolute atomic E-state index is 12.0. The van der Waals surface area contributed by atoms with Crippen LogP contribution in [0.3, 0.4) is 0 Å². The molecule has 0 radical (unpaired) electrons. The fraction of sp³-hybridized carbons (Fsp3) is 0.407. The van der Waals surface area contributed by atoms with Crippen molar-refractivity contribution in [3.8, 4) is 5.75 Å². The normalized spacial score (nSPS) is 14.6. The fourth-order valence-corrected chi connectivity index (χ4v) is 4.07. The van der Waals surface area contributed by atoms with Crippen LogP contribution in [0.15, 0.2) is 54.6 Å². The van der Waals surface area contributed by atoms with E-state index in [1.807, 2.05) is 24.3 Å². The van der Waals surface area contributed by atoms with Crippen LogP contribution in [-0.4, -0.2) is 16.9 Å². The van der Waals surface area contributed by atoms with Crippen LogP contribution in [0.5, 0.6) is 5.75 Å². The van der Waals surface area contributed by atoms with Crippen LogP contribution in [0.2, 0.25) is 0 Å². The van der Waals surface area contributed by atoms with E-state index >= 15 is 0 Å². The summed E-state index contributed by atoms with van der Waals surface area (Å²) in [6.45, 7) is 0.485. The minimum atomic E-state index is -0.822. The third kappa shape index (κ3) is 7.71. The Morgan fingerprint density at radius 1 is 0.935 bits per heavy atom. The highest BCUT2D eigenvalue weighted by atomic mass is 16.5. The zero-order valence-electron chi connectivity index (χ0n) is 18.1. The van der Waals surface area contributed by atoms with Crippen molar-refractivity contribution in [1.82, 2.24) is 0 Å². The first-order valence-corrected chi connectivity index (χ1v) is 11.3. The van der Waals surface area contributed by atoms with Crippen LogP contribution in [-0.2, 0) is 16.2 Å². The van der Waals surface area contributed by atoms with Gasteiger partial charge in [-0.15, -0.1) is 0 Å². The van der Waals surface area contributed by atoms with Crippen molar-refractivity contribution in [2.75, 3.05) is 0 Å². The number of allylic oxidation sites excluding steroid dienone is 1. The Bertz CT molecular complexity index is 876. The molecule has 0 amide bonds. The molecular weight excluding hydrogens is 388 g/mol. The molecule has 0 atom stereocenters. The Kier molecular flexibility index (Phi) is 8.89. The SMILES string of the molecule is O=C(O)CCCCC(=O)/C=C/c1ccccc1OCc1ccc(C2CCCCC2)cc1. The minimum Gasteiger partial charge on any atom is -0.488 e. The average molecular weight is 421 g/mol. The molecule has 1 N–H and O–H groups in total. The number of carbonyl (C=O) groups is 2. The summed E-state index contributed by atoms with van der Waals surface area (Å²) >= 11 is 0. The Morgan fingerprint density at radius 3 is 2.39 bits per heavy atom. The average Bonchev–Trinajstić information content (AvgIpc) is 2.80. The summed E-state index contributed by atoms with van der Waals surface area (Å²) < 4.78 is 6.04. The quantitative estimate of drug-likeness (QED) is 0.331. The molecule has 0 aliphatic heterocycles. The Labute approximate surface area is 184 Å². The topological polar surface area (TPSA) is 63.6 Å². The number of benzene rings is 2. The number of hydrogen-bond donors (Lipinski definition) is 1. The van der Waals surface area contributed by atoms with Crippen molar-refractivity contribution >= 4 is 17.8 Å². The van der Waals surface area contributed by atoms with Gasteiger partial charge in [-0.25, -0.2) is 0 Å². The highest BCUT2D eigenvalue weighted by Crippen LogP contribution is 2.32. The Hall–Kier alpha value is -2.88. The number of carboxylic acid groups (broad SMARTS) is 1. The van der Waals surface area contributed by atoms with Gasteiger partial charge in [0.1, 0.15) is 12.4 Å². The molecule has 0 saturated heterocycles. The first-order chi connectivity index (χ1) is 15.1. The number of ketones is 1. The number of ether oxygens (including phenoxy) is 1. The molecule has 1 aliphatic carbocycles. The monoisotopic (exact) mass is 420 g/mol. The van der Waals surface area contributed by atoms with Gasteiger partial charge in [0, 0.05) is 18.4 Å². The molecule has 2 aromatic carbocycles. The number of hydrogen-bond acceptors (Lipinski definition) is 3. The molecule has 0 bridgehead atoms. The van der Waals surface area contributed by atoms with E-state index in [2.05, 4.69) is 24.3 Å². The molecule has 4 nitrogen and oxygen atoms in total. The number of carboxylic acids is 1. The van der Waals surface area contributed by atoms with E-state index in [0.29, 0.717) is 31.8 Å². The first-order valence-electron chi connectivity index (χ1n) is 11.3. The van der Waals surface area contributed by atoms with Crippen LogP contribution < -0.4 is 4.74 Å². The predicted molar refractivity (Wildman–Crippen MR) is 123 cm³/mol. The molecular formula is C27H32O4. The van der Waals surface area contributed by atoms with E-state index < -0.39 is 5.97 Å². The Morgan fingerprint density at radius 2 is 1.65 bits per heavy atom. The minimum absolute atomic E-state index is 0.00140. The van der Waals surface area contributed by atoms with Gasteiger partial charge < -0.3 is 9.84 Å². The van der Waals surface area contributed by atoms with Gasteiger partial charge in [-0.3, -0.25) is 9.59 Å². The van der Waals surface area contributed by atoms with E-state index in [9.17, 15) is 9.59 Å². The molecule has 1 saturated carbocycles. The van der Waals surface area contributed by atoms with Crippen molar-refractivity contribution < 1.29 is 19.4 Å². The summed E-state index contributed by atoms with van der Waals surface area (Å²) in [6, 6.07) is 16.5. The van der Waals surface area contributed by atoms with Crippen LogP contribution in [0.1, 0.15) is 80.4 Å². The maximum Gasteiger partial charge on any atom is 0.303 e. The maximum atomic E-state index is 12.0. The van der Waals surface area contributed by atoms with Gasteiger partial charge in [0.05, 0.1) is 0 Å². The molecule has 164 valence electrons. The van der Waals surface area contributed by atoms with Crippen LogP contribution in [0.25, 0.3) is 6.08 Å². The second kappa shape index (κ2) is 12.1. The summed E-state index contributed by atoms with van der Waals surface area (Å²) in [6.07, 6.45) is 11.6. The summed E-state index contributed by atoms with van der Waals surface area (Å²) in [7, 11) is 0. The van der Waals surface area contributed by atoms with Crippen LogP contribution in [0, 0.1) is 0 Å². The van der Waals surface area contributed by atoms with Gasteiger partial charge in [0.25, 0.3) is 0 Å². The lowest BCUT2D eigenvalue weighted by molar-refractivity contribution is -0.137. The molecule has 2 aromatic rings. The van der Waals surface area contributed by atoms with Gasteiger partial charge in [-0.1, -0.05) is 61.7 Å². The van der Waals surface area contributed by atoms with Crippen LogP contribution in [0.4, 0.5) is 0 Å². The van der Waals surface area contributed by atoms with E-state index in [-0.39, 0.29) is 12.2 Å². The van der Waals surface area contributed by atoms with Gasteiger partial charge in [0.15, 0.2) is 5.78 Å². The molecule has 0 aromatic heterocycles. The second-order valence-corrected chi connectivity index (χ2v) is 8.30. The highest BCUT2D eigenvalue weighted by molar-refractivity contribution is 5.93. The number of carbonyl (C=O) groups excluding carboxylic acids is 1. The van der Waals surface area contributed by atoms with E-state index in [4.69, 9.17) is 9.84 Å². The number of unbranched alkanes of at least 4 members (excludes halogenated alkanes) is 1. The van der Waals surface area contributed by atoms with E-state index in [0.717, 1.165) is 16.9 Å². The van der Waals surface area contributed by atoms with Crippen molar-refractivity contribution in [3.63, 3.8) is 0 Å². The number of para-hydroxylation sites is 1. The standard InChI is InChI=1S/C27H32O4/c28-25(11-5-7-13-27(29)30)19-18-24-10-4-6-12-26(24)31-20-21-14-16-23(17-15-21)22-8-2-1-3-9-22/h4,6,10,12,14-19,22H,1-3,5,7-9,11,13,20H2,(H,29,30)/b19-18+. The smallest absolute Gasteiger partial charge is 0.303 e. The Balaban J connectivity index is 1.52. The summed E-state index contributed by atoms with van der Waals surface area (Å²) in [5.41, 5.74) is 3.43. The van der Waals surface area contributed by atoms with Crippen molar-refractivity contribution in [3.05, 3.63) is 71.3 Å². The van der Waals surface area contributed by atoms with E-state index in [1.54, 1.807) is 12.2 Å². The van der Waals surface area contributed by atoms with Crippen molar-refractivity contribution in [1.29, 1.82) is 0 Å². The number of aliphatic carboxylic acids is 1. The first kappa shape index (κ1) is 22.8. The van der Waals surface area contributed by atoms with Gasteiger partial charge in [-0.2, -0.15) is 0 Å². The zero-order chi connectivity index (χ0) is 21.9. The molecule has 4 heteroatoms. The lowest BCUT2D eigenvalue weighted by Crippen LogP contribution is -2.04. The summed E-state index contributed by atoms with van der Waals surface area (Å²) in [5, 5.41) is 8.65. The highest BCUT2D eigenvalue weighted by Gasteiger charge is 2.15. The van der Waals surface area contributed by atoms with Crippen molar-refractivity contribution in [2.45, 2.75) is 70.3 Å². The molecule has 0 heterocycles. The van der Waals surface area contributed by atoms with Gasteiger partial charge in [0.2, 0.25) is 0 Å². The summed E-state index contributed by atoms with van der Waals surface area (Å²) in [5.74, 6) is 0.626. The fourth-order valence-electron chi connectivity index (χ4n) is 4.07. The molecule has 0 unspecified atom stereocenters. The van der Waals surface area contributed by atoms with Gasteiger partial charge in [-0.05, 0) is 60.9 Å². The lowest BCUT2D eigenvalue weighted by atomic mass is 9.84. The third-order valence-electron chi connectivity index (χ3n) is 5.88. The molecule has 3 rings (SSSR count). The largest absolute Gasteiger partial charge is 0.488 e. The molecule has 0 spiro atoms.